The molecule has 2 aromatic carbocycles. The lowest BCUT2D eigenvalue weighted by Gasteiger charge is -1.92. The third kappa shape index (κ3) is 2.29. The van der Waals surface area contributed by atoms with Crippen molar-refractivity contribution in [1.29, 1.82) is 0 Å². The summed E-state index contributed by atoms with van der Waals surface area (Å²) in [6.07, 6.45) is 3.77. The quantitative estimate of drug-likeness (QED) is 0.666. The molecule has 18 heavy (non-hydrogen) atoms. The fraction of sp³-hybridized carbons (Fsp3) is 0. The summed E-state index contributed by atoms with van der Waals surface area (Å²) in [4.78, 5) is 4.36. The first kappa shape index (κ1) is 11.1. The molecule has 88 valence electrons. The number of oxazole rings is 1. The lowest BCUT2D eigenvalue weighted by Crippen LogP contribution is -1.72. The Morgan fingerprint density at radius 3 is 2.72 bits per heavy atom. The fourth-order valence-electron chi connectivity index (χ4n) is 1.74. The minimum Gasteiger partial charge on any atom is -0.437 e. The van der Waals surface area contributed by atoms with Crippen LogP contribution in [0.4, 0.5) is 0 Å². The van der Waals surface area contributed by atoms with Crippen molar-refractivity contribution in [3.63, 3.8) is 0 Å². The first-order chi connectivity index (χ1) is 8.81. The van der Waals surface area contributed by atoms with E-state index in [-0.39, 0.29) is 0 Å². The van der Waals surface area contributed by atoms with Crippen molar-refractivity contribution in [2.75, 3.05) is 0 Å². The number of halogens is 1. The molecular weight excluding hydrogens is 246 g/mol. The first-order valence-electron chi connectivity index (χ1n) is 5.60. The molecule has 0 saturated heterocycles. The van der Waals surface area contributed by atoms with E-state index >= 15 is 0 Å². The van der Waals surface area contributed by atoms with Gasteiger partial charge in [0.05, 0.1) is 0 Å². The van der Waals surface area contributed by atoms with Crippen LogP contribution in [0.1, 0.15) is 11.5 Å². The molecule has 1 heterocycles. The van der Waals surface area contributed by atoms with Gasteiger partial charge in [-0.25, -0.2) is 4.98 Å². The van der Waals surface area contributed by atoms with E-state index in [1.807, 2.05) is 60.7 Å². The Morgan fingerprint density at radius 2 is 1.89 bits per heavy atom. The van der Waals surface area contributed by atoms with Gasteiger partial charge in [0.2, 0.25) is 5.89 Å². The van der Waals surface area contributed by atoms with E-state index in [1.165, 1.54) is 0 Å². The predicted molar refractivity (Wildman–Crippen MR) is 74.4 cm³/mol. The molecule has 0 saturated carbocycles. The highest BCUT2D eigenvalue weighted by molar-refractivity contribution is 6.30. The van der Waals surface area contributed by atoms with Gasteiger partial charge in [-0.3, -0.25) is 0 Å². The Labute approximate surface area is 110 Å². The molecular formula is C15H10ClNO. The molecule has 0 unspecified atom stereocenters. The molecule has 0 amide bonds. The van der Waals surface area contributed by atoms with Crippen molar-refractivity contribution in [3.05, 3.63) is 65.0 Å². The van der Waals surface area contributed by atoms with Crippen molar-refractivity contribution in [2.45, 2.75) is 0 Å². The zero-order valence-electron chi connectivity index (χ0n) is 9.51. The Balaban J connectivity index is 1.92. The Hall–Kier alpha value is -2.06. The molecule has 0 radical (unpaired) electrons. The van der Waals surface area contributed by atoms with Crippen LogP contribution in [-0.2, 0) is 0 Å². The molecule has 0 N–H and O–H groups in total. The molecule has 0 aliphatic heterocycles. The molecule has 3 heteroatoms. The number of rotatable bonds is 2. The highest BCUT2D eigenvalue weighted by atomic mass is 35.5. The smallest absolute Gasteiger partial charge is 0.220 e. The normalized spacial score (nSPS) is 11.4. The molecule has 2 nitrogen and oxygen atoms in total. The molecule has 0 aliphatic rings. The van der Waals surface area contributed by atoms with Crippen LogP contribution >= 0.6 is 11.6 Å². The van der Waals surface area contributed by atoms with E-state index < -0.39 is 0 Å². The van der Waals surface area contributed by atoms with Crippen LogP contribution in [0.5, 0.6) is 0 Å². The second-order valence-corrected chi connectivity index (χ2v) is 4.34. The molecule has 0 atom stereocenters. The highest BCUT2D eigenvalue weighted by Crippen LogP contribution is 2.17. The summed E-state index contributed by atoms with van der Waals surface area (Å²) in [5.41, 5.74) is 2.68. The maximum atomic E-state index is 5.92. The van der Waals surface area contributed by atoms with E-state index in [9.17, 15) is 0 Å². The minimum absolute atomic E-state index is 0.594. The average Bonchev–Trinajstić information content (AvgIpc) is 2.79. The maximum absolute atomic E-state index is 5.92. The molecule has 0 bridgehead atoms. The van der Waals surface area contributed by atoms with Gasteiger partial charge in [-0.2, -0.15) is 0 Å². The van der Waals surface area contributed by atoms with Crippen LogP contribution in [0.3, 0.4) is 0 Å². The highest BCUT2D eigenvalue weighted by Gasteiger charge is 2.00. The summed E-state index contributed by atoms with van der Waals surface area (Å²) < 4.78 is 5.59. The third-order valence-electron chi connectivity index (χ3n) is 2.58. The monoisotopic (exact) mass is 255 g/mol. The van der Waals surface area contributed by atoms with Crippen LogP contribution in [0.2, 0.25) is 5.02 Å². The second kappa shape index (κ2) is 4.67. The van der Waals surface area contributed by atoms with Crippen molar-refractivity contribution in [1.82, 2.24) is 4.98 Å². The van der Waals surface area contributed by atoms with Crippen molar-refractivity contribution in [3.8, 4) is 0 Å². The molecule has 3 aromatic rings. The summed E-state index contributed by atoms with van der Waals surface area (Å²) in [6.45, 7) is 0. The zero-order valence-corrected chi connectivity index (χ0v) is 10.3. The minimum atomic E-state index is 0.594. The first-order valence-corrected chi connectivity index (χ1v) is 5.98. The van der Waals surface area contributed by atoms with Crippen molar-refractivity contribution in [2.24, 2.45) is 0 Å². The lowest BCUT2D eigenvalue weighted by molar-refractivity contribution is 0.590. The maximum Gasteiger partial charge on any atom is 0.220 e. The average molecular weight is 256 g/mol. The van der Waals surface area contributed by atoms with Crippen LogP contribution in [-0.4, -0.2) is 4.98 Å². The summed E-state index contributed by atoms with van der Waals surface area (Å²) in [5.74, 6) is 0.594. The van der Waals surface area contributed by atoms with E-state index in [2.05, 4.69) is 4.98 Å². The lowest BCUT2D eigenvalue weighted by atomic mass is 10.2. The number of aromatic nitrogens is 1. The summed E-state index contributed by atoms with van der Waals surface area (Å²) in [5, 5.41) is 0.717. The number of nitrogens with zero attached hydrogens (tertiary/aromatic N) is 1. The standard InChI is InChI=1S/C15H10ClNO/c16-12-5-3-4-11(10-12)8-9-15-17-13-6-1-2-7-14(13)18-15/h1-10H. The summed E-state index contributed by atoms with van der Waals surface area (Å²) in [7, 11) is 0. The molecule has 0 aliphatic carbocycles. The molecule has 1 aromatic heterocycles. The largest absolute Gasteiger partial charge is 0.437 e. The Kier molecular flexibility index (Phi) is 2.87. The Morgan fingerprint density at radius 1 is 1.00 bits per heavy atom. The van der Waals surface area contributed by atoms with Crippen molar-refractivity contribution < 1.29 is 4.42 Å². The van der Waals surface area contributed by atoms with E-state index in [1.54, 1.807) is 0 Å². The number of hydrogen-bond donors (Lipinski definition) is 0. The van der Waals surface area contributed by atoms with Gasteiger partial charge in [0.25, 0.3) is 0 Å². The van der Waals surface area contributed by atoms with Gasteiger partial charge in [0.15, 0.2) is 5.58 Å². The number of benzene rings is 2. The van der Waals surface area contributed by atoms with Gasteiger partial charge in [-0.05, 0) is 35.9 Å². The van der Waals surface area contributed by atoms with E-state index in [0.717, 1.165) is 21.7 Å². The summed E-state index contributed by atoms with van der Waals surface area (Å²) >= 11 is 5.92. The summed E-state index contributed by atoms with van der Waals surface area (Å²) in [6, 6.07) is 15.3. The number of fused-ring (bicyclic) bond motifs is 1. The molecule has 0 spiro atoms. The molecule has 0 fully saturated rings. The van der Waals surface area contributed by atoms with Crippen LogP contribution in [0.15, 0.2) is 52.9 Å². The molecule has 3 rings (SSSR count). The van der Waals surface area contributed by atoms with Crippen LogP contribution in [0.25, 0.3) is 23.3 Å². The number of hydrogen-bond acceptors (Lipinski definition) is 2. The van der Waals surface area contributed by atoms with Gasteiger partial charge in [0.1, 0.15) is 5.52 Å². The third-order valence-corrected chi connectivity index (χ3v) is 2.81. The van der Waals surface area contributed by atoms with Crippen LogP contribution in [0, 0.1) is 0 Å². The van der Waals surface area contributed by atoms with Gasteiger partial charge in [0, 0.05) is 11.1 Å². The van der Waals surface area contributed by atoms with E-state index in [0.29, 0.717) is 5.89 Å². The van der Waals surface area contributed by atoms with Gasteiger partial charge in [-0.15, -0.1) is 0 Å². The van der Waals surface area contributed by atoms with Gasteiger partial charge < -0.3 is 4.42 Å². The fourth-order valence-corrected chi connectivity index (χ4v) is 1.94. The van der Waals surface area contributed by atoms with Gasteiger partial charge >= 0.3 is 0 Å². The van der Waals surface area contributed by atoms with Crippen molar-refractivity contribution >= 4 is 34.9 Å². The zero-order chi connectivity index (χ0) is 12.4. The Bertz CT molecular complexity index is 682. The number of para-hydroxylation sites is 2. The van der Waals surface area contributed by atoms with Crippen LogP contribution < -0.4 is 0 Å². The SMILES string of the molecule is Clc1cccc(C=Cc2nc3ccccc3o2)c1. The topological polar surface area (TPSA) is 26.0 Å². The second-order valence-electron chi connectivity index (χ2n) is 3.91. The van der Waals surface area contributed by atoms with Gasteiger partial charge in [-0.1, -0.05) is 35.9 Å². The van der Waals surface area contributed by atoms with E-state index in [4.69, 9.17) is 16.0 Å². The predicted octanol–water partition coefficient (Wildman–Crippen LogP) is 4.65.